The third kappa shape index (κ3) is 2.27. The molecule has 1 aromatic heterocycles. The summed E-state index contributed by atoms with van der Waals surface area (Å²) in [6.45, 7) is 0. The molecule has 4 fully saturated rings. The molecule has 1 spiro atoms. The van der Waals surface area contributed by atoms with Crippen LogP contribution in [0, 0.1) is 23.7 Å². The van der Waals surface area contributed by atoms with Crippen molar-refractivity contribution in [3.05, 3.63) is 89.1 Å². The molecule has 0 radical (unpaired) electrons. The zero-order chi connectivity index (χ0) is 21.7. The van der Waals surface area contributed by atoms with Crippen molar-refractivity contribution < 1.29 is 0 Å². The summed E-state index contributed by atoms with van der Waals surface area (Å²) in [5, 5.41) is 1.85. The summed E-state index contributed by atoms with van der Waals surface area (Å²) in [6, 6.07) is 24.7. The van der Waals surface area contributed by atoms with Crippen LogP contribution in [0.4, 0.5) is 0 Å². The third-order valence-electron chi connectivity index (χ3n) is 9.59. The van der Waals surface area contributed by atoms with Gasteiger partial charge in [-0.15, -0.1) is 0 Å². The van der Waals surface area contributed by atoms with Crippen LogP contribution in [-0.4, -0.2) is 4.98 Å². The summed E-state index contributed by atoms with van der Waals surface area (Å²) in [4.78, 5) is 4.52. The minimum Gasteiger partial charge on any atom is -0.256 e. The van der Waals surface area contributed by atoms with Gasteiger partial charge in [0.2, 0.25) is 0 Å². The van der Waals surface area contributed by atoms with Gasteiger partial charge in [0.05, 0.1) is 10.5 Å². The number of hydrogen-bond donors (Lipinski definition) is 0. The average Bonchev–Trinajstić information content (AvgIpc) is 3.14. The lowest BCUT2D eigenvalue weighted by Gasteiger charge is -2.61. The number of fused-ring (bicyclic) bond motifs is 4. The second-order valence-electron chi connectivity index (χ2n) is 10.9. The molecular formula is C31H26ClN. The first-order valence-corrected chi connectivity index (χ1v) is 12.9. The molecule has 4 bridgehead atoms. The molecule has 0 unspecified atom stereocenters. The highest BCUT2D eigenvalue weighted by Crippen LogP contribution is 2.70. The molecule has 9 rings (SSSR count). The van der Waals surface area contributed by atoms with Gasteiger partial charge in [-0.3, -0.25) is 4.98 Å². The highest BCUT2D eigenvalue weighted by Gasteiger charge is 2.61. The first kappa shape index (κ1) is 18.7. The van der Waals surface area contributed by atoms with Crippen molar-refractivity contribution >= 4 is 22.5 Å². The first-order valence-electron chi connectivity index (χ1n) is 12.5. The van der Waals surface area contributed by atoms with Crippen molar-refractivity contribution in [2.75, 3.05) is 0 Å². The quantitative estimate of drug-likeness (QED) is 0.286. The van der Waals surface area contributed by atoms with E-state index in [0.29, 0.717) is 0 Å². The highest BCUT2D eigenvalue weighted by atomic mass is 35.5. The molecule has 0 aliphatic heterocycles. The third-order valence-corrected chi connectivity index (χ3v) is 9.99. The standard InChI is InChI=1S/C31H26ClN/c32-30-23(10-11-28-25(30)7-4-12-33-28)22-6-3-9-27-29(22)24-5-1-2-8-26(24)31(27)20-14-18-13-19(16-20)17-21(31)15-18/h1-12,18-21H,13-17H2. The van der Waals surface area contributed by atoms with Crippen molar-refractivity contribution in [3.8, 4) is 22.3 Å². The average molecular weight is 448 g/mol. The van der Waals surface area contributed by atoms with Gasteiger partial charge < -0.3 is 0 Å². The zero-order valence-corrected chi connectivity index (χ0v) is 19.4. The normalized spacial score (nSPS) is 30.7. The lowest BCUT2D eigenvalue weighted by Crippen LogP contribution is -2.55. The molecular weight excluding hydrogens is 422 g/mol. The molecule has 5 aliphatic carbocycles. The molecule has 33 heavy (non-hydrogen) atoms. The SMILES string of the molecule is Clc1c(-c2cccc3c2-c2ccccc2C32C3CC4CC(C3)CC2C4)ccc2ncccc12. The second-order valence-corrected chi connectivity index (χ2v) is 11.3. The number of halogens is 1. The molecule has 4 aromatic rings. The van der Waals surface area contributed by atoms with Crippen molar-refractivity contribution in [1.82, 2.24) is 4.98 Å². The van der Waals surface area contributed by atoms with Crippen LogP contribution in [0.1, 0.15) is 43.2 Å². The fourth-order valence-corrected chi connectivity index (χ4v) is 9.07. The maximum absolute atomic E-state index is 7.06. The number of benzene rings is 3. The van der Waals surface area contributed by atoms with Crippen LogP contribution in [0.2, 0.25) is 5.02 Å². The molecule has 1 heterocycles. The largest absolute Gasteiger partial charge is 0.256 e. The number of nitrogens with zero attached hydrogens (tertiary/aromatic N) is 1. The van der Waals surface area contributed by atoms with Crippen molar-refractivity contribution in [3.63, 3.8) is 0 Å². The van der Waals surface area contributed by atoms with Gasteiger partial charge in [-0.05, 0) is 102 Å². The summed E-state index contributed by atoms with van der Waals surface area (Å²) < 4.78 is 0. The van der Waals surface area contributed by atoms with Crippen LogP contribution < -0.4 is 0 Å². The van der Waals surface area contributed by atoms with Gasteiger partial charge >= 0.3 is 0 Å². The molecule has 3 aromatic carbocycles. The Labute approximate surface area is 199 Å². The zero-order valence-electron chi connectivity index (χ0n) is 18.6. The van der Waals surface area contributed by atoms with Gasteiger partial charge in [0.25, 0.3) is 0 Å². The van der Waals surface area contributed by atoms with E-state index in [-0.39, 0.29) is 5.41 Å². The minimum atomic E-state index is 0.195. The molecule has 1 nitrogen and oxygen atoms in total. The van der Waals surface area contributed by atoms with Crippen LogP contribution in [0.15, 0.2) is 72.9 Å². The number of pyridine rings is 1. The minimum absolute atomic E-state index is 0.195. The van der Waals surface area contributed by atoms with E-state index in [4.69, 9.17) is 11.6 Å². The van der Waals surface area contributed by atoms with Crippen molar-refractivity contribution in [2.24, 2.45) is 23.7 Å². The summed E-state index contributed by atoms with van der Waals surface area (Å²) in [6.07, 6.45) is 8.96. The second kappa shape index (κ2) is 6.48. The van der Waals surface area contributed by atoms with Gasteiger partial charge in [-0.2, -0.15) is 0 Å². The van der Waals surface area contributed by atoms with Crippen molar-refractivity contribution in [1.29, 1.82) is 0 Å². The Morgan fingerprint density at radius 1 is 0.667 bits per heavy atom. The fourth-order valence-electron chi connectivity index (χ4n) is 8.75. The topological polar surface area (TPSA) is 12.9 Å². The van der Waals surface area contributed by atoms with E-state index in [1.54, 1.807) is 11.1 Å². The molecule has 0 amide bonds. The van der Waals surface area contributed by atoms with E-state index in [1.165, 1.54) is 48.8 Å². The number of rotatable bonds is 1. The van der Waals surface area contributed by atoms with E-state index >= 15 is 0 Å². The smallest absolute Gasteiger partial charge is 0.0717 e. The lowest BCUT2D eigenvalue weighted by atomic mass is 9.43. The van der Waals surface area contributed by atoms with Gasteiger partial charge in [-0.1, -0.05) is 60.1 Å². The van der Waals surface area contributed by atoms with E-state index in [0.717, 1.165) is 45.2 Å². The Morgan fingerprint density at radius 2 is 1.39 bits per heavy atom. The number of hydrogen-bond acceptors (Lipinski definition) is 1. The molecule has 0 saturated heterocycles. The van der Waals surface area contributed by atoms with Gasteiger partial charge in [0.1, 0.15) is 0 Å². The van der Waals surface area contributed by atoms with Crippen LogP contribution in [0.25, 0.3) is 33.2 Å². The van der Waals surface area contributed by atoms with E-state index in [1.807, 2.05) is 12.3 Å². The Kier molecular flexibility index (Phi) is 3.68. The Morgan fingerprint density at radius 3 is 2.21 bits per heavy atom. The predicted molar refractivity (Wildman–Crippen MR) is 135 cm³/mol. The summed E-state index contributed by atoms with van der Waals surface area (Å²) in [5.74, 6) is 3.48. The van der Waals surface area contributed by atoms with Crippen LogP contribution in [0.3, 0.4) is 0 Å². The lowest BCUT2D eigenvalue weighted by molar-refractivity contribution is -0.0399. The molecule has 0 N–H and O–H groups in total. The van der Waals surface area contributed by atoms with Crippen LogP contribution in [0.5, 0.6) is 0 Å². The summed E-state index contributed by atoms with van der Waals surface area (Å²) >= 11 is 7.06. The van der Waals surface area contributed by atoms with Gasteiger partial charge in [0.15, 0.2) is 0 Å². The Hall–Kier alpha value is -2.64. The van der Waals surface area contributed by atoms with E-state index < -0.39 is 0 Å². The van der Waals surface area contributed by atoms with Crippen molar-refractivity contribution in [2.45, 2.75) is 37.5 Å². The van der Waals surface area contributed by atoms with E-state index in [2.05, 4.69) is 65.6 Å². The van der Waals surface area contributed by atoms with Gasteiger partial charge in [-0.25, -0.2) is 0 Å². The van der Waals surface area contributed by atoms with Gasteiger partial charge in [0, 0.05) is 22.6 Å². The fraction of sp³-hybridized carbons (Fsp3) is 0.323. The molecule has 5 aliphatic rings. The monoisotopic (exact) mass is 447 g/mol. The van der Waals surface area contributed by atoms with Crippen LogP contribution in [-0.2, 0) is 5.41 Å². The van der Waals surface area contributed by atoms with Crippen LogP contribution >= 0.6 is 11.6 Å². The maximum Gasteiger partial charge on any atom is 0.0717 e. The maximum atomic E-state index is 7.06. The summed E-state index contributed by atoms with van der Waals surface area (Å²) in [7, 11) is 0. The molecule has 0 atom stereocenters. The number of aromatic nitrogens is 1. The molecule has 162 valence electrons. The molecule has 4 saturated carbocycles. The molecule has 2 heteroatoms. The first-order chi connectivity index (χ1) is 16.2. The summed E-state index contributed by atoms with van der Waals surface area (Å²) in [5.41, 5.74) is 9.61. The van der Waals surface area contributed by atoms with E-state index in [9.17, 15) is 0 Å². The Bertz CT molecular complexity index is 1420. The predicted octanol–water partition coefficient (Wildman–Crippen LogP) is 8.28. The Balaban J connectivity index is 1.43. The highest BCUT2D eigenvalue weighted by molar-refractivity contribution is 6.38.